The second-order valence-electron chi connectivity index (χ2n) is 5.07. The predicted molar refractivity (Wildman–Crippen MR) is 78.2 cm³/mol. The molecule has 0 fully saturated rings. The van der Waals surface area contributed by atoms with E-state index in [1.165, 1.54) is 12.7 Å². The SMILES string of the molecule is COC(=O)[C@@H](C)CN(Cc1ccccc1)Cc1ccon1. The van der Waals surface area contributed by atoms with Crippen molar-refractivity contribution in [1.29, 1.82) is 0 Å². The number of methoxy groups -OCH3 is 1. The first kappa shape index (κ1) is 15.3. The van der Waals surface area contributed by atoms with Crippen LogP contribution in [0.15, 0.2) is 47.2 Å². The predicted octanol–water partition coefficient (Wildman–Crippen LogP) is 2.49. The van der Waals surface area contributed by atoms with Crippen LogP contribution in [-0.4, -0.2) is 29.7 Å². The Hall–Kier alpha value is -2.14. The smallest absolute Gasteiger partial charge is 0.309 e. The molecule has 2 aromatic rings. The van der Waals surface area contributed by atoms with Crippen molar-refractivity contribution in [3.8, 4) is 0 Å². The summed E-state index contributed by atoms with van der Waals surface area (Å²) in [6.07, 6.45) is 1.56. The number of hydrogen-bond donors (Lipinski definition) is 0. The van der Waals surface area contributed by atoms with Gasteiger partial charge in [0.25, 0.3) is 0 Å². The van der Waals surface area contributed by atoms with Crippen LogP contribution in [0.2, 0.25) is 0 Å². The Morgan fingerprint density at radius 2 is 2.05 bits per heavy atom. The molecule has 0 aliphatic rings. The third-order valence-corrected chi connectivity index (χ3v) is 3.26. The maximum absolute atomic E-state index is 11.6. The fourth-order valence-electron chi connectivity index (χ4n) is 2.24. The molecular formula is C16H20N2O3. The van der Waals surface area contributed by atoms with Gasteiger partial charge in [0.05, 0.1) is 18.7 Å². The highest BCUT2D eigenvalue weighted by Gasteiger charge is 2.18. The molecule has 0 saturated heterocycles. The number of hydrogen-bond acceptors (Lipinski definition) is 5. The number of carbonyl (C=O) groups excluding carboxylic acids is 1. The first-order valence-electron chi connectivity index (χ1n) is 6.92. The molecular weight excluding hydrogens is 268 g/mol. The molecule has 0 radical (unpaired) electrons. The minimum Gasteiger partial charge on any atom is -0.469 e. The van der Waals surface area contributed by atoms with Gasteiger partial charge in [-0.05, 0) is 5.56 Å². The lowest BCUT2D eigenvalue weighted by molar-refractivity contribution is -0.145. The van der Waals surface area contributed by atoms with E-state index in [1.807, 2.05) is 31.2 Å². The van der Waals surface area contributed by atoms with Crippen LogP contribution in [0.4, 0.5) is 0 Å². The van der Waals surface area contributed by atoms with E-state index in [9.17, 15) is 4.79 Å². The molecule has 0 saturated carbocycles. The third kappa shape index (κ3) is 4.72. The highest BCUT2D eigenvalue weighted by molar-refractivity contribution is 5.72. The molecule has 1 aromatic heterocycles. The molecule has 0 amide bonds. The molecule has 0 aliphatic heterocycles. The van der Waals surface area contributed by atoms with Crippen molar-refractivity contribution in [3.63, 3.8) is 0 Å². The fourth-order valence-corrected chi connectivity index (χ4v) is 2.24. The van der Waals surface area contributed by atoms with E-state index in [0.29, 0.717) is 13.1 Å². The van der Waals surface area contributed by atoms with Crippen molar-refractivity contribution >= 4 is 5.97 Å². The van der Waals surface area contributed by atoms with Gasteiger partial charge in [-0.15, -0.1) is 0 Å². The van der Waals surface area contributed by atoms with E-state index in [2.05, 4.69) is 22.2 Å². The van der Waals surface area contributed by atoms with E-state index in [4.69, 9.17) is 9.26 Å². The van der Waals surface area contributed by atoms with Crippen LogP contribution in [0, 0.1) is 5.92 Å². The summed E-state index contributed by atoms with van der Waals surface area (Å²) in [5, 5.41) is 3.94. The summed E-state index contributed by atoms with van der Waals surface area (Å²) in [6, 6.07) is 12.0. The third-order valence-electron chi connectivity index (χ3n) is 3.26. The van der Waals surface area contributed by atoms with Crippen molar-refractivity contribution in [3.05, 3.63) is 53.9 Å². The summed E-state index contributed by atoms with van der Waals surface area (Å²) < 4.78 is 9.67. The topological polar surface area (TPSA) is 55.6 Å². The zero-order chi connectivity index (χ0) is 15.1. The van der Waals surface area contributed by atoms with Crippen LogP contribution in [0.5, 0.6) is 0 Å². The second kappa shape index (κ2) is 7.59. The molecule has 21 heavy (non-hydrogen) atoms. The van der Waals surface area contributed by atoms with Crippen LogP contribution in [-0.2, 0) is 22.6 Å². The number of benzene rings is 1. The molecule has 1 aromatic carbocycles. The largest absolute Gasteiger partial charge is 0.469 e. The van der Waals surface area contributed by atoms with Crippen molar-refractivity contribution in [2.45, 2.75) is 20.0 Å². The highest BCUT2D eigenvalue weighted by atomic mass is 16.5. The van der Waals surface area contributed by atoms with Crippen molar-refractivity contribution < 1.29 is 14.1 Å². The van der Waals surface area contributed by atoms with Crippen LogP contribution in [0.3, 0.4) is 0 Å². The number of aromatic nitrogens is 1. The number of carbonyl (C=O) groups is 1. The lowest BCUT2D eigenvalue weighted by Crippen LogP contribution is -2.31. The fraction of sp³-hybridized carbons (Fsp3) is 0.375. The second-order valence-corrected chi connectivity index (χ2v) is 5.07. The maximum Gasteiger partial charge on any atom is 0.309 e. The Balaban J connectivity index is 2.04. The molecule has 112 valence electrons. The van der Waals surface area contributed by atoms with Gasteiger partial charge in [0.2, 0.25) is 0 Å². The average molecular weight is 288 g/mol. The molecule has 0 unspecified atom stereocenters. The van der Waals surface area contributed by atoms with Gasteiger partial charge in [-0.1, -0.05) is 42.4 Å². The van der Waals surface area contributed by atoms with Gasteiger partial charge in [0, 0.05) is 25.7 Å². The lowest BCUT2D eigenvalue weighted by Gasteiger charge is -2.23. The van der Waals surface area contributed by atoms with Crippen molar-refractivity contribution in [2.24, 2.45) is 5.92 Å². The van der Waals surface area contributed by atoms with Crippen LogP contribution in [0.25, 0.3) is 0 Å². The summed E-state index contributed by atoms with van der Waals surface area (Å²) >= 11 is 0. The summed E-state index contributed by atoms with van der Waals surface area (Å²) in [5.74, 6) is -0.390. The molecule has 2 rings (SSSR count). The Labute approximate surface area is 124 Å². The van der Waals surface area contributed by atoms with Gasteiger partial charge in [-0.25, -0.2) is 0 Å². The maximum atomic E-state index is 11.6. The van der Waals surface area contributed by atoms with Gasteiger partial charge in [0.15, 0.2) is 0 Å². The van der Waals surface area contributed by atoms with Gasteiger partial charge in [0.1, 0.15) is 6.26 Å². The first-order valence-corrected chi connectivity index (χ1v) is 6.92. The zero-order valence-corrected chi connectivity index (χ0v) is 12.4. The summed E-state index contributed by atoms with van der Waals surface area (Å²) in [4.78, 5) is 13.8. The number of rotatable bonds is 7. The number of esters is 1. The molecule has 5 heteroatoms. The van der Waals surface area contributed by atoms with Crippen molar-refractivity contribution in [1.82, 2.24) is 10.1 Å². The van der Waals surface area contributed by atoms with E-state index < -0.39 is 0 Å². The molecule has 0 N–H and O–H groups in total. The Kier molecular flexibility index (Phi) is 5.51. The number of ether oxygens (including phenoxy) is 1. The van der Waals surface area contributed by atoms with Gasteiger partial charge in [-0.2, -0.15) is 0 Å². The minimum atomic E-state index is -0.201. The normalized spacial score (nSPS) is 12.3. The zero-order valence-electron chi connectivity index (χ0n) is 12.4. The van der Waals surface area contributed by atoms with E-state index in [0.717, 1.165) is 12.2 Å². The van der Waals surface area contributed by atoms with Crippen molar-refractivity contribution in [2.75, 3.05) is 13.7 Å². The summed E-state index contributed by atoms with van der Waals surface area (Å²) in [7, 11) is 1.41. The minimum absolute atomic E-state index is 0.189. The standard InChI is InChI=1S/C16H20N2O3/c1-13(16(19)20-2)10-18(12-15-8-9-21-17-15)11-14-6-4-3-5-7-14/h3-9,13H,10-12H2,1-2H3/t13-/m0/s1. The molecule has 0 spiro atoms. The Morgan fingerprint density at radius 3 is 2.67 bits per heavy atom. The summed E-state index contributed by atoms with van der Waals surface area (Å²) in [6.45, 7) is 3.85. The molecule has 0 aliphatic carbocycles. The molecule has 1 atom stereocenters. The Bertz CT molecular complexity index is 540. The molecule has 0 bridgehead atoms. The quantitative estimate of drug-likeness (QED) is 0.733. The van der Waals surface area contributed by atoms with E-state index in [-0.39, 0.29) is 11.9 Å². The van der Waals surface area contributed by atoms with E-state index >= 15 is 0 Å². The molecule has 1 heterocycles. The first-order chi connectivity index (χ1) is 10.2. The van der Waals surface area contributed by atoms with Gasteiger partial charge >= 0.3 is 5.97 Å². The van der Waals surface area contributed by atoms with Crippen LogP contribution >= 0.6 is 0 Å². The number of nitrogens with zero attached hydrogens (tertiary/aromatic N) is 2. The van der Waals surface area contributed by atoms with Crippen LogP contribution < -0.4 is 0 Å². The summed E-state index contributed by atoms with van der Waals surface area (Å²) in [5.41, 5.74) is 2.04. The van der Waals surface area contributed by atoms with Gasteiger partial charge in [-0.3, -0.25) is 9.69 Å². The van der Waals surface area contributed by atoms with Gasteiger partial charge < -0.3 is 9.26 Å². The molecule has 5 nitrogen and oxygen atoms in total. The highest BCUT2D eigenvalue weighted by Crippen LogP contribution is 2.12. The van der Waals surface area contributed by atoms with E-state index in [1.54, 1.807) is 6.26 Å². The monoisotopic (exact) mass is 288 g/mol. The lowest BCUT2D eigenvalue weighted by atomic mass is 10.1. The average Bonchev–Trinajstić information content (AvgIpc) is 3.00. The Morgan fingerprint density at radius 1 is 1.29 bits per heavy atom. The van der Waals surface area contributed by atoms with Crippen LogP contribution in [0.1, 0.15) is 18.2 Å².